The molecule has 2 aromatic carbocycles. The summed E-state index contributed by atoms with van der Waals surface area (Å²) < 4.78 is 20.5. The van der Waals surface area contributed by atoms with Gasteiger partial charge in [-0.05, 0) is 55.8 Å². The van der Waals surface area contributed by atoms with Crippen LogP contribution in [-0.2, 0) is 4.79 Å². The predicted octanol–water partition coefficient (Wildman–Crippen LogP) is 4.50. The first kappa shape index (κ1) is 20.0. The molecule has 0 saturated heterocycles. The van der Waals surface area contributed by atoms with Crippen molar-refractivity contribution in [3.05, 3.63) is 71.2 Å². The second kappa shape index (κ2) is 8.25. The maximum atomic E-state index is 13.4. The van der Waals surface area contributed by atoms with Gasteiger partial charge in [-0.3, -0.25) is 4.79 Å². The molecule has 3 aromatic rings. The first-order valence-corrected chi connectivity index (χ1v) is 10.4. The number of benzene rings is 2. The Morgan fingerprint density at radius 1 is 1.23 bits per heavy atom. The summed E-state index contributed by atoms with van der Waals surface area (Å²) in [5, 5.41) is 7.29. The number of fused-ring (bicyclic) bond motifs is 1. The Labute approximate surface area is 178 Å². The molecule has 0 spiro atoms. The van der Waals surface area contributed by atoms with Crippen molar-refractivity contribution >= 4 is 23.5 Å². The molecule has 7 heteroatoms. The van der Waals surface area contributed by atoms with Crippen LogP contribution in [0.15, 0.2) is 48.5 Å². The first-order chi connectivity index (χ1) is 14.5. The van der Waals surface area contributed by atoms with Gasteiger partial charge in [-0.2, -0.15) is 5.10 Å². The largest absolute Gasteiger partial charge is 0.481 e. The highest BCUT2D eigenvalue weighted by Gasteiger charge is 2.34. The van der Waals surface area contributed by atoms with E-state index < -0.39 is 0 Å². The van der Waals surface area contributed by atoms with Crippen LogP contribution in [0.4, 0.5) is 10.2 Å². The van der Waals surface area contributed by atoms with E-state index in [-0.39, 0.29) is 28.8 Å². The fraction of sp³-hybridized carbons (Fsp3) is 0.217. The van der Waals surface area contributed by atoms with Gasteiger partial charge in [0.2, 0.25) is 5.91 Å². The minimum absolute atomic E-state index is 0.0963. The molecular formula is C23H20FN3O2S. The fourth-order valence-electron chi connectivity index (χ4n) is 3.40. The summed E-state index contributed by atoms with van der Waals surface area (Å²) in [4.78, 5) is 12.7. The maximum absolute atomic E-state index is 13.4. The molecule has 0 bridgehead atoms. The highest BCUT2D eigenvalue weighted by atomic mass is 32.2. The minimum Gasteiger partial charge on any atom is -0.481 e. The Hall–Kier alpha value is -3.24. The van der Waals surface area contributed by atoms with Gasteiger partial charge in [0.05, 0.1) is 21.9 Å². The lowest BCUT2D eigenvalue weighted by molar-refractivity contribution is -0.115. The number of carbonyl (C=O) groups is 1. The molecule has 2 heterocycles. The van der Waals surface area contributed by atoms with E-state index in [4.69, 9.17) is 11.2 Å². The van der Waals surface area contributed by atoms with Gasteiger partial charge < -0.3 is 10.1 Å². The van der Waals surface area contributed by atoms with Crippen LogP contribution < -0.4 is 10.1 Å². The topological polar surface area (TPSA) is 56.1 Å². The Kier molecular flexibility index (Phi) is 5.51. The number of ether oxygens (including phenoxy) is 1. The zero-order valence-corrected chi connectivity index (χ0v) is 17.4. The van der Waals surface area contributed by atoms with Crippen molar-refractivity contribution in [1.82, 2.24) is 9.78 Å². The summed E-state index contributed by atoms with van der Waals surface area (Å²) in [6.45, 7) is 4.01. The predicted molar refractivity (Wildman–Crippen MR) is 117 cm³/mol. The van der Waals surface area contributed by atoms with Gasteiger partial charge in [-0.15, -0.1) is 18.2 Å². The SMILES string of the molecule is C#CCOc1ccc([C@@H]2S[C@H](C)C(=O)Nc3c2c(C)nn3-c2ccc(F)cc2)cc1. The number of nitrogens with one attached hydrogen (secondary N) is 1. The molecule has 30 heavy (non-hydrogen) atoms. The van der Waals surface area contributed by atoms with Crippen LogP contribution in [0, 0.1) is 25.1 Å². The number of hydrogen-bond acceptors (Lipinski definition) is 4. The van der Waals surface area contributed by atoms with Crippen LogP contribution in [0.1, 0.15) is 29.0 Å². The molecular weight excluding hydrogens is 401 g/mol. The molecule has 152 valence electrons. The third kappa shape index (κ3) is 3.79. The quantitative estimate of drug-likeness (QED) is 0.631. The number of aromatic nitrogens is 2. The van der Waals surface area contributed by atoms with E-state index in [1.54, 1.807) is 28.6 Å². The van der Waals surface area contributed by atoms with Crippen LogP contribution in [0.2, 0.25) is 0 Å². The monoisotopic (exact) mass is 421 g/mol. The number of rotatable bonds is 4. The highest BCUT2D eigenvalue weighted by molar-refractivity contribution is 8.01. The lowest BCUT2D eigenvalue weighted by Crippen LogP contribution is -2.22. The van der Waals surface area contributed by atoms with Crippen LogP contribution in [0.25, 0.3) is 5.69 Å². The molecule has 0 radical (unpaired) electrons. The third-order valence-electron chi connectivity index (χ3n) is 4.90. The number of halogens is 1. The van der Waals surface area contributed by atoms with E-state index in [1.165, 1.54) is 12.1 Å². The molecule has 1 aliphatic rings. The first-order valence-electron chi connectivity index (χ1n) is 9.46. The zero-order valence-electron chi connectivity index (χ0n) is 16.6. The normalized spacial score (nSPS) is 18.1. The Bertz CT molecular complexity index is 1120. The molecule has 5 nitrogen and oxygen atoms in total. The number of aryl methyl sites for hydroxylation is 1. The third-order valence-corrected chi connectivity index (χ3v) is 6.30. The van der Waals surface area contributed by atoms with Crippen molar-refractivity contribution in [2.75, 3.05) is 11.9 Å². The molecule has 1 aromatic heterocycles. The van der Waals surface area contributed by atoms with E-state index in [0.717, 1.165) is 16.8 Å². The Balaban J connectivity index is 1.79. The molecule has 2 atom stereocenters. The Morgan fingerprint density at radius 3 is 2.60 bits per heavy atom. The molecule has 1 aliphatic heterocycles. The lowest BCUT2D eigenvalue weighted by Gasteiger charge is -2.18. The van der Waals surface area contributed by atoms with Gasteiger partial charge in [0.1, 0.15) is 24.0 Å². The number of hydrogen-bond donors (Lipinski definition) is 1. The highest BCUT2D eigenvalue weighted by Crippen LogP contribution is 2.46. The molecule has 0 unspecified atom stereocenters. The number of carbonyl (C=O) groups excluding carboxylic acids is 1. The van der Waals surface area contributed by atoms with E-state index >= 15 is 0 Å². The fourth-order valence-corrected chi connectivity index (χ4v) is 4.73. The van der Waals surface area contributed by atoms with Crippen LogP contribution in [0.5, 0.6) is 5.75 Å². The summed E-state index contributed by atoms with van der Waals surface area (Å²) in [6, 6.07) is 13.7. The average molecular weight is 421 g/mol. The number of amides is 1. The summed E-state index contributed by atoms with van der Waals surface area (Å²) in [6.07, 6.45) is 5.25. The van der Waals surface area contributed by atoms with Crippen LogP contribution in [0.3, 0.4) is 0 Å². The smallest absolute Gasteiger partial charge is 0.238 e. The van der Waals surface area contributed by atoms with Gasteiger partial charge in [0, 0.05) is 5.56 Å². The summed E-state index contributed by atoms with van der Waals surface area (Å²) >= 11 is 1.56. The number of terminal acetylenes is 1. The van der Waals surface area contributed by atoms with Gasteiger partial charge in [0.25, 0.3) is 0 Å². The Morgan fingerprint density at radius 2 is 1.93 bits per heavy atom. The average Bonchev–Trinajstić information content (AvgIpc) is 2.99. The van der Waals surface area contributed by atoms with Gasteiger partial charge in [-0.1, -0.05) is 18.1 Å². The summed E-state index contributed by atoms with van der Waals surface area (Å²) in [7, 11) is 0. The molecule has 0 saturated carbocycles. The van der Waals surface area contributed by atoms with E-state index in [0.29, 0.717) is 17.3 Å². The molecule has 0 fully saturated rings. The van der Waals surface area contributed by atoms with Crippen molar-refractivity contribution in [2.24, 2.45) is 0 Å². The van der Waals surface area contributed by atoms with E-state index in [2.05, 4.69) is 16.3 Å². The van der Waals surface area contributed by atoms with E-state index in [9.17, 15) is 9.18 Å². The second-order valence-corrected chi connectivity index (χ2v) is 8.40. The molecule has 0 aliphatic carbocycles. The molecule has 1 amide bonds. The number of nitrogens with zero attached hydrogens (tertiary/aromatic N) is 2. The van der Waals surface area contributed by atoms with Gasteiger partial charge >= 0.3 is 0 Å². The van der Waals surface area contributed by atoms with Gasteiger partial charge in [0.15, 0.2) is 0 Å². The van der Waals surface area contributed by atoms with Gasteiger partial charge in [-0.25, -0.2) is 9.07 Å². The zero-order chi connectivity index (χ0) is 21.3. The van der Waals surface area contributed by atoms with Crippen molar-refractivity contribution in [3.63, 3.8) is 0 Å². The summed E-state index contributed by atoms with van der Waals surface area (Å²) in [5.41, 5.74) is 3.44. The van der Waals surface area contributed by atoms with Crippen molar-refractivity contribution < 1.29 is 13.9 Å². The van der Waals surface area contributed by atoms with Crippen molar-refractivity contribution in [2.45, 2.75) is 24.3 Å². The van der Waals surface area contributed by atoms with E-state index in [1.807, 2.05) is 38.1 Å². The number of anilines is 1. The summed E-state index contributed by atoms with van der Waals surface area (Å²) in [5.74, 6) is 3.33. The number of thioether (sulfide) groups is 1. The van der Waals surface area contributed by atoms with Crippen molar-refractivity contribution in [1.29, 1.82) is 0 Å². The van der Waals surface area contributed by atoms with Crippen LogP contribution in [-0.4, -0.2) is 27.5 Å². The molecule has 1 N–H and O–H groups in total. The van der Waals surface area contributed by atoms with Crippen molar-refractivity contribution in [3.8, 4) is 23.8 Å². The van der Waals surface area contributed by atoms with Crippen LogP contribution >= 0.6 is 11.8 Å². The standard InChI is InChI=1S/C23H20FN3O2S/c1-4-13-29-19-11-5-16(6-12-19)21-20-14(2)26-27(18-9-7-17(24)8-10-18)22(20)25-23(28)15(3)30-21/h1,5-12,15,21H,13H2,2-3H3,(H,25,28)/t15-,21+/m1/s1. The second-order valence-electron chi connectivity index (χ2n) is 6.95. The lowest BCUT2D eigenvalue weighted by atomic mass is 10.0. The maximum Gasteiger partial charge on any atom is 0.238 e. The molecule has 4 rings (SSSR count). The minimum atomic E-state index is -0.327.